The van der Waals surface area contributed by atoms with Gasteiger partial charge in [-0.15, -0.1) is 0 Å². The molecule has 0 aromatic carbocycles. The Morgan fingerprint density at radius 1 is 1.19 bits per heavy atom. The molecule has 0 radical (unpaired) electrons. The lowest BCUT2D eigenvalue weighted by molar-refractivity contribution is 0.174. The van der Waals surface area contributed by atoms with Gasteiger partial charge in [0.05, 0.1) is 6.04 Å². The maximum absolute atomic E-state index is 4.69. The lowest BCUT2D eigenvalue weighted by Gasteiger charge is -2.33. The molecule has 2 aliphatic rings. The highest BCUT2D eigenvalue weighted by atomic mass is 15.2. The fourth-order valence-corrected chi connectivity index (χ4v) is 3.13. The fourth-order valence-electron chi connectivity index (χ4n) is 3.13. The van der Waals surface area contributed by atoms with Gasteiger partial charge in [-0.1, -0.05) is 6.42 Å². The molecule has 1 atom stereocenters. The van der Waals surface area contributed by atoms with Gasteiger partial charge in [0.1, 0.15) is 5.82 Å². The second-order valence-corrected chi connectivity index (χ2v) is 5.21. The lowest BCUT2D eigenvalue weighted by Crippen LogP contribution is -2.32. The predicted molar refractivity (Wildman–Crippen MR) is 64.4 cm³/mol. The SMILES string of the molecule is CN1CCCCC1c1ncc2n1CCCC2. The first-order valence-corrected chi connectivity index (χ1v) is 6.61. The molecule has 3 heterocycles. The van der Waals surface area contributed by atoms with Crippen molar-refractivity contribution < 1.29 is 0 Å². The Morgan fingerprint density at radius 3 is 2.94 bits per heavy atom. The quantitative estimate of drug-likeness (QED) is 0.723. The predicted octanol–water partition coefficient (Wildman–Crippen LogP) is 2.38. The van der Waals surface area contributed by atoms with Crippen LogP contribution in [0.4, 0.5) is 0 Å². The van der Waals surface area contributed by atoms with Gasteiger partial charge in [0, 0.05) is 18.4 Å². The molecule has 1 fully saturated rings. The minimum Gasteiger partial charge on any atom is -0.331 e. The normalized spacial score (nSPS) is 26.7. The van der Waals surface area contributed by atoms with E-state index in [-0.39, 0.29) is 0 Å². The van der Waals surface area contributed by atoms with E-state index in [1.807, 2.05) is 0 Å². The second kappa shape index (κ2) is 4.21. The molecule has 1 aromatic heterocycles. The topological polar surface area (TPSA) is 21.1 Å². The van der Waals surface area contributed by atoms with Crippen LogP contribution in [0.3, 0.4) is 0 Å². The average Bonchev–Trinajstić information content (AvgIpc) is 2.74. The summed E-state index contributed by atoms with van der Waals surface area (Å²) in [5.74, 6) is 1.33. The molecule has 3 nitrogen and oxygen atoms in total. The summed E-state index contributed by atoms with van der Waals surface area (Å²) in [7, 11) is 2.24. The Bertz CT molecular complexity index is 369. The van der Waals surface area contributed by atoms with Crippen molar-refractivity contribution in [2.75, 3.05) is 13.6 Å². The van der Waals surface area contributed by atoms with Crippen molar-refractivity contribution in [3.8, 4) is 0 Å². The Morgan fingerprint density at radius 2 is 2.06 bits per heavy atom. The number of hydrogen-bond acceptors (Lipinski definition) is 2. The molecule has 1 aromatic rings. The van der Waals surface area contributed by atoms with E-state index in [1.54, 1.807) is 0 Å². The highest BCUT2D eigenvalue weighted by Crippen LogP contribution is 2.30. The minimum atomic E-state index is 0.570. The van der Waals surface area contributed by atoms with Gasteiger partial charge in [-0.25, -0.2) is 4.98 Å². The molecule has 2 aliphatic heterocycles. The molecule has 0 N–H and O–H groups in total. The largest absolute Gasteiger partial charge is 0.331 e. The monoisotopic (exact) mass is 219 g/mol. The highest BCUT2D eigenvalue weighted by Gasteiger charge is 2.26. The first-order chi connectivity index (χ1) is 7.86. The molecule has 0 spiro atoms. The molecule has 1 unspecified atom stereocenters. The number of hydrogen-bond donors (Lipinski definition) is 0. The smallest absolute Gasteiger partial charge is 0.126 e. The van der Waals surface area contributed by atoms with E-state index in [0.717, 1.165) is 0 Å². The van der Waals surface area contributed by atoms with Gasteiger partial charge in [-0.05, 0) is 45.7 Å². The Hall–Kier alpha value is -0.830. The van der Waals surface area contributed by atoms with Gasteiger partial charge < -0.3 is 4.57 Å². The van der Waals surface area contributed by atoms with Crippen molar-refractivity contribution >= 4 is 0 Å². The first kappa shape index (κ1) is 10.3. The summed E-state index contributed by atoms with van der Waals surface area (Å²) in [5.41, 5.74) is 1.46. The zero-order valence-electron chi connectivity index (χ0n) is 10.2. The van der Waals surface area contributed by atoms with Crippen molar-refractivity contribution in [2.45, 2.75) is 51.1 Å². The second-order valence-electron chi connectivity index (χ2n) is 5.21. The summed E-state index contributed by atoms with van der Waals surface area (Å²) in [6.07, 6.45) is 9.99. The molecule has 3 heteroatoms. The molecular weight excluding hydrogens is 198 g/mol. The number of aryl methyl sites for hydroxylation is 1. The first-order valence-electron chi connectivity index (χ1n) is 6.61. The van der Waals surface area contributed by atoms with Gasteiger partial charge in [-0.2, -0.15) is 0 Å². The summed E-state index contributed by atoms with van der Waals surface area (Å²) in [5, 5.41) is 0. The van der Waals surface area contributed by atoms with Crippen molar-refractivity contribution in [2.24, 2.45) is 0 Å². The maximum Gasteiger partial charge on any atom is 0.126 e. The Labute approximate surface area is 97.5 Å². The molecule has 16 heavy (non-hydrogen) atoms. The van der Waals surface area contributed by atoms with Gasteiger partial charge >= 0.3 is 0 Å². The van der Waals surface area contributed by atoms with Crippen LogP contribution < -0.4 is 0 Å². The Kier molecular flexibility index (Phi) is 2.72. The zero-order chi connectivity index (χ0) is 11.0. The third-order valence-electron chi connectivity index (χ3n) is 4.10. The van der Waals surface area contributed by atoms with E-state index in [9.17, 15) is 0 Å². The Balaban J connectivity index is 1.90. The number of fused-ring (bicyclic) bond motifs is 1. The standard InChI is InChI=1S/C13H21N3/c1-15-8-4-3-7-12(15)13-14-10-11-6-2-5-9-16(11)13/h10,12H,2-9H2,1H3. The van der Waals surface area contributed by atoms with Gasteiger partial charge in [-0.3, -0.25) is 4.90 Å². The van der Waals surface area contributed by atoms with Crippen LogP contribution in [0.25, 0.3) is 0 Å². The van der Waals surface area contributed by atoms with E-state index < -0.39 is 0 Å². The maximum atomic E-state index is 4.69. The average molecular weight is 219 g/mol. The summed E-state index contributed by atoms with van der Waals surface area (Å²) >= 11 is 0. The van der Waals surface area contributed by atoms with Crippen LogP contribution in [-0.4, -0.2) is 28.0 Å². The van der Waals surface area contributed by atoms with Crippen molar-refractivity contribution in [3.05, 3.63) is 17.7 Å². The summed E-state index contributed by atoms with van der Waals surface area (Å²) in [4.78, 5) is 7.17. The van der Waals surface area contributed by atoms with Crippen LogP contribution in [0.5, 0.6) is 0 Å². The summed E-state index contributed by atoms with van der Waals surface area (Å²) in [6.45, 7) is 2.42. The summed E-state index contributed by atoms with van der Waals surface area (Å²) in [6, 6.07) is 0.570. The lowest BCUT2D eigenvalue weighted by atomic mass is 10.0. The van der Waals surface area contributed by atoms with Crippen molar-refractivity contribution in [3.63, 3.8) is 0 Å². The van der Waals surface area contributed by atoms with Crippen LogP contribution in [0.15, 0.2) is 6.20 Å². The molecule has 0 aliphatic carbocycles. The number of likely N-dealkylation sites (tertiary alicyclic amines) is 1. The number of aromatic nitrogens is 2. The van der Waals surface area contributed by atoms with E-state index in [4.69, 9.17) is 4.98 Å². The molecule has 3 rings (SSSR count). The molecule has 0 saturated carbocycles. The van der Waals surface area contributed by atoms with E-state index in [2.05, 4.69) is 22.7 Å². The number of imidazole rings is 1. The number of nitrogens with zero attached hydrogens (tertiary/aromatic N) is 3. The highest BCUT2D eigenvalue weighted by molar-refractivity contribution is 5.11. The van der Waals surface area contributed by atoms with Crippen LogP contribution in [0.1, 0.15) is 49.7 Å². The van der Waals surface area contributed by atoms with E-state index >= 15 is 0 Å². The number of piperidine rings is 1. The van der Waals surface area contributed by atoms with E-state index in [0.29, 0.717) is 6.04 Å². The van der Waals surface area contributed by atoms with E-state index in [1.165, 1.54) is 63.1 Å². The fraction of sp³-hybridized carbons (Fsp3) is 0.769. The van der Waals surface area contributed by atoms with Crippen molar-refractivity contribution in [1.29, 1.82) is 0 Å². The molecule has 1 saturated heterocycles. The van der Waals surface area contributed by atoms with Crippen LogP contribution in [0, 0.1) is 0 Å². The third kappa shape index (κ3) is 1.67. The molecule has 0 bridgehead atoms. The minimum absolute atomic E-state index is 0.570. The van der Waals surface area contributed by atoms with Crippen LogP contribution >= 0.6 is 0 Å². The molecule has 0 amide bonds. The molecule has 88 valence electrons. The molecular formula is C13H21N3. The van der Waals surface area contributed by atoms with Crippen LogP contribution in [-0.2, 0) is 13.0 Å². The van der Waals surface area contributed by atoms with Gasteiger partial charge in [0.15, 0.2) is 0 Å². The zero-order valence-corrected chi connectivity index (χ0v) is 10.2. The third-order valence-corrected chi connectivity index (χ3v) is 4.10. The van der Waals surface area contributed by atoms with Gasteiger partial charge in [0.2, 0.25) is 0 Å². The van der Waals surface area contributed by atoms with Crippen molar-refractivity contribution in [1.82, 2.24) is 14.5 Å². The summed E-state index contributed by atoms with van der Waals surface area (Å²) < 4.78 is 2.48. The van der Waals surface area contributed by atoms with Crippen LogP contribution in [0.2, 0.25) is 0 Å². The number of rotatable bonds is 1. The van der Waals surface area contributed by atoms with Gasteiger partial charge in [0.25, 0.3) is 0 Å².